The number of rotatable bonds is 5. The molecule has 108 valence electrons. The molecule has 1 aliphatic rings. The van der Waals surface area contributed by atoms with E-state index < -0.39 is 17.7 Å². The van der Waals surface area contributed by atoms with Gasteiger partial charge in [-0.1, -0.05) is 12.2 Å². The van der Waals surface area contributed by atoms with Crippen molar-refractivity contribution < 1.29 is 13.6 Å². The zero-order valence-corrected chi connectivity index (χ0v) is 11.0. The first kappa shape index (κ1) is 14.5. The Bertz CT molecular complexity index is 477. The predicted octanol–water partition coefficient (Wildman–Crippen LogP) is 2.35. The maximum atomic E-state index is 12.9. The SMILES string of the molecule is O=C(NCCCN1CC=CC1)Nc1cc(F)cc(F)c1. The second-order valence-electron chi connectivity index (χ2n) is 4.62. The van der Waals surface area contributed by atoms with Crippen LogP contribution in [0.15, 0.2) is 30.4 Å². The number of halogens is 2. The van der Waals surface area contributed by atoms with E-state index in [0.29, 0.717) is 6.54 Å². The van der Waals surface area contributed by atoms with Gasteiger partial charge in [0, 0.05) is 37.9 Å². The lowest BCUT2D eigenvalue weighted by molar-refractivity contribution is 0.251. The minimum atomic E-state index is -0.721. The van der Waals surface area contributed by atoms with Gasteiger partial charge in [0.15, 0.2) is 0 Å². The number of anilines is 1. The molecule has 0 aliphatic carbocycles. The Labute approximate surface area is 116 Å². The second-order valence-corrected chi connectivity index (χ2v) is 4.62. The number of urea groups is 1. The first-order valence-corrected chi connectivity index (χ1v) is 6.52. The maximum Gasteiger partial charge on any atom is 0.319 e. The molecule has 0 aromatic heterocycles. The molecule has 0 saturated carbocycles. The normalized spacial score (nSPS) is 14.5. The third-order valence-corrected chi connectivity index (χ3v) is 2.95. The summed E-state index contributed by atoms with van der Waals surface area (Å²) in [4.78, 5) is 13.8. The highest BCUT2D eigenvalue weighted by Crippen LogP contribution is 2.12. The molecule has 1 aromatic carbocycles. The molecule has 0 spiro atoms. The third-order valence-electron chi connectivity index (χ3n) is 2.95. The maximum absolute atomic E-state index is 12.9. The van der Waals surface area contributed by atoms with Gasteiger partial charge < -0.3 is 10.6 Å². The minimum absolute atomic E-state index is 0.101. The molecule has 0 bridgehead atoms. The van der Waals surface area contributed by atoms with E-state index in [1.54, 1.807) is 0 Å². The van der Waals surface area contributed by atoms with E-state index in [9.17, 15) is 13.6 Å². The minimum Gasteiger partial charge on any atom is -0.338 e. The van der Waals surface area contributed by atoms with Crippen molar-refractivity contribution in [3.05, 3.63) is 42.0 Å². The number of nitrogens with zero attached hydrogens (tertiary/aromatic N) is 1. The lowest BCUT2D eigenvalue weighted by Crippen LogP contribution is -2.32. The van der Waals surface area contributed by atoms with Gasteiger partial charge in [0.25, 0.3) is 0 Å². The number of carbonyl (C=O) groups excluding carboxylic acids is 1. The Morgan fingerprint density at radius 2 is 1.80 bits per heavy atom. The van der Waals surface area contributed by atoms with Gasteiger partial charge in [-0.15, -0.1) is 0 Å². The fourth-order valence-electron chi connectivity index (χ4n) is 2.01. The Morgan fingerprint density at radius 3 is 2.45 bits per heavy atom. The van der Waals surface area contributed by atoms with Crippen molar-refractivity contribution in [1.29, 1.82) is 0 Å². The summed E-state index contributed by atoms with van der Waals surface area (Å²) in [7, 11) is 0. The molecule has 2 N–H and O–H groups in total. The largest absolute Gasteiger partial charge is 0.338 e. The van der Waals surface area contributed by atoms with Crippen molar-refractivity contribution in [2.75, 3.05) is 31.5 Å². The van der Waals surface area contributed by atoms with Crippen molar-refractivity contribution >= 4 is 11.7 Å². The standard InChI is InChI=1S/C14H17F2N3O/c15-11-8-12(16)10-13(9-11)18-14(20)17-4-3-7-19-5-1-2-6-19/h1-2,8-10H,3-7H2,(H2,17,18,20). The monoisotopic (exact) mass is 281 g/mol. The first-order chi connectivity index (χ1) is 9.63. The molecule has 4 nitrogen and oxygen atoms in total. The van der Waals surface area contributed by atoms with Crippen LogP contribution >= 0.6 is 0 Å². The highest BCUT2D eigenvalue weighted by molar-refractivity contribution is 5.89. The van der Waals surface area contributed by atoms with E-state index in [-0.39, 0.29) is 5.69 Å². The van der Waals surface area contributed by atoms with Gasteiger partial charge >= 0.3 is 6.03 Å². The molecule has 0 unspecified atom stereocenters. The summed E-state index contributed by atoms with van der Waals surface area (Å²) in [6.45, 7) is 3.32. The fourth-order valence-corrected chi connectivity index (χ4v) is 2.01. The quantitative estimate of drug-likeness (QED) is 0.643. The van der Waals surface area contributed by atoms with Crippen molar-refractivity contribution in [2.24, 2.45) is 0 Å². The summed E-state index contributed by atoms with van der Waals surface area (Å²) in [5.74, 6) is -1.44. The number of nitrogens with one attached hydrogen (secondary N) is 2. The number of carbonyl (C=O) groups is 1. The summed E-state index contributed by atoms with van der Waals surface area (Å²) >= 11 is 0. The van der Waals surface area contributed by atoms with Crippen LogP contribution in [-0.4, -0.2) is 37.1 Å². The summed E-state index contributed by atoms with van der Waals surface area (Å²) in [6.07, 6.45) is 5.05. The summed E-state index contributed by atoms with van der Waals surface area (Å²) in [5.41, 5.74) is 0.101. The van der Waals surface area contributed by atoms with Crippen LogP contribution in [0, 0.1) is 11.6 Å². The Morgan fingerprint density at radius 1 is 1.15 bits per heavy atom. The van der Waals surface area contributed by atoms with E-state index in [2.05, 4.69) is 27.7 Å². The second kappa shape index (κ2) is 7.00. The lowest BCUT2D eigenvalue weighted by atomic mass is 10.3. The third kappa shape index (κ3) is 4.62. The van der Waals surface area contributed by atoms with Gasteiger partial charge in [0.1, 0.15) is 11.6 Å². The average Bonchev–Trinajstić information content (AvgIpc) is 2.86. The fraction of sp³-hybridized carbons (Fsp3) is 0.357. The van der Waals surface area contributed by atoms with Crippen molar-refractivity contribution in [3.8, 4) is 0 Å². The van der Waals surface area contributed by atoms with E-state index in [0.717, 1.165) is 44.3 Å². The van der Waals surface area contributed by atoms with Crippen molar-refractivity contribution in [2.45, 2.75) is 6.42 Å². The van der Waals surface area contributed by atoms with Crippen LogP contribution in [0.2, 0.25) is 0 Å². The molecule has 0 atom stereocenters. The van der Waals surface area contributed by atoms with Crippen LogP contribution in [0.5, 0.6) is 0 Å². The van der Waals surface area contributed by atoms with Crippen LogP contribution in [0.1, 0.15) is 6.42 Å². The van der Waals surface area contributed by atoms with Crippen LogP contribution in [0.3, 0.4) is 0 Å². The van der Waals surface area contributed by atoms with Gasteiger partial charge in [0.2, 0.25) is 0 Å². The Balaban J connectivity index is 1.67. The molecule has 2 rings (SSSR count). The molecular formula is C14H17F2N3O. The molecule has 1 aromatic rings. The van der Waals surface area contributed by atoms with Crippen LogP contribution in [-0.2, 0) is 0 Å². The summed E-state index contributed by atoms with van der Waals surface area (Å²) in [6, 6.07) is 2.43. The molecule has 6 heteroatoms. The number of hydrogen-bond acceptors (Lipinski definition) is 2. The van der Waals surface area contributed by atoms with Gasteiger partial charge in [-0.05, 0) is 18.6 Å². The van der Waals surface area contributed by atoms with Crippen LogP contribution in [0.25, 0.3) is 0 Å². The number of hydrogen-bond donors (Lipinski definition) is 2. The van der Waals surface area contributed by atoms with Crippen molar-refractivity contribution in [3.63, 3.8) is 0 Å². The van der Waals surface area contributed by atoms with E-state index in [1.807, 2.05) is 0 Å². The molecular weight excluding hydrogens is 264 g/mol. The van der Waals surface area contributed by atoms with E-state index in [4.69, 9.17) is 0 Å². The topological polar surface area (TPSA) is 44.4 Å². The Kier molecular flexibility index (Phi) is 5.06. The molecule has 1 heterocycles. The molecule has 0 saturated heterocycles. The summed E-state index contributed by atoms with van der Waals surface area (Å²) in [5, 5.41) is 5.05. The van der Waals surface area contributed by atoms with Gasteiger partial charge in [-0.3, -0.25) is 4.90 Å². The average molecular weight is 281 g/mol. The molecule has 0 radical (unpaired) electrons. The van der Waals surface area contributed by atoms with Crippen LogP contribution < -0.4 is 10.6 Å². The van der Waals surface area contributed by atoms with Crippen LogP contribution in [0.4, 0.5) is 19.3 Å². The van der Waals surface area contributed by atoms with Gasteiger partial charge in [-0.25, -0.2) is 13.6 Å². The summed E-state index contributed by atoms with van der Waals surface area (Å²) < 4.78 is 25.9. The molecule has 0 fully saturated rings. The Hall–Kier alpha value is -1.95. The highest BCUT2D eigenvalue weighted by Gasteiger charge is 2.07. The van der Waals surface area contributed by atoms with E-state index >= 15 is 0 Å². The number of amides is 2. The van der Waals surface area contributed by atoms with E-state index in [1.165, 1.54) is 0 Å². The van der Waals surface area contributed by atoms with Crippen molar-refractivity contribution in [1.82, 2.24) is 10.2 Å². The molecule has 1 aliphatic heterocycles. The smallest absolute Gasteiger partial charge is 0.319 e. The van der Waals surface area contributed by atoms with Gasteiger partial charge in [0.05, 0.1) is 0 Å². The predicted molar refractivity (Wildman–Crippen MR) is 73.6 cm³/mol. The van der Waals surface area contributed by atoms with Gasteiger partial charge in [-0.2, -0.15) is 0 Å². The molecule has 2 amide bonds. The highest BCUT2D eigenvalue weighted by atomic mass is 19.1. The zero-order valence-electron chi connectivity index (χ0n) is 11.0. The zero-order chi connectivity index (χ0) is 14.4. The first-order valence-electron chi connectivity index (χ1n) is 6.52. The number of benzene rings is 1. The lowest BCUT2D eigenvalue weighted by Gasteiger charge is -2.14. The molecule has 20 heavy (non-hydrogen) atoms.